The van der Waals surface area contributed by atoms with E-state index in [1.54, 1.807) is 24.3 Å². The van der Waals surface area contributed by atoms with E-state index >= 15 is 0 Å². The molecule has 35 heavy (non-hydrogen) atoms. The zero-order valence-electron chi connectivity index (χ0n) is 18.0. The lowest BCUT2D eigenvalue weighted by molar-refractivity contribution is -0.120. The maximum absolute atomic E-state index is 12.9. The van der Waals surface area contributed by atoms with Gasteiger partial charge in [-0.2, -0.15) is 5.10 Å². The largest absolute Gasteiger partial charge is 0.422 e. The van der Waals surface area contributed by atoms with Crippen molar-refractivity contribution in [3.63, 3.8) is 0 Å². The fourth-order valence-electron chi connectivity index (χ4n) is 3.04. The van der Waals surface area contributed by atoms with Crippen molar-refractivity contribution < 1.29 is 23.5 Å². The van der Waals surface area contributed by atoms with Gasteiger partial charge < -0.3 is 10.1 Å². The topological polar surface area (TPSA) is 96.9 Å². The van der Waals surface area contributed by atoms with Crippen LogP contribution >= 0.6 is 22.9 Å². The van der Waals surface area contributed by atoms with Crippen molar-refractivity contribution in [1.82, 2.24) is 10.7 Å². The molecular formula is C25H17ClFN3O4S. The Labute approximate surface area is 208 Å². The predicted octanol–water partition coefficient (Wildman–Crippen LogP) is 4.79. The molecule has 0 spiro atoms. The predicted molar refractivity (Wildman–Crippen MR) is 133 cm³/mol. The number of amides is 2. The lowest BCUT2D eigenvalue weighted by atomic mass is 10.2. The number of benzene rings is 3. The smallest absolute Gasteiger partial charge is 0.355 e. The summed E-state index contributed by atoms with van der Waals surface area (Å²) in [6, 6.07) is 18.9. The van der Waals surface area contributed by atoms with Crippen LogP contribution < -0.4 is 15.5 Å². The highest BCUT2D eigenvalue weighted by Gasteiger charge is 2.19. The molecule has 7 nitrogen and oxygen atoms in total. The molecule has 0 radical (unpaired) electrons. The van der Waals surface area contributed by atoms with Crippen LogP contribution in [-0.4, -0.2) is 30.5 Å². The first-order valence-corrected chi connectivity index (χ1v) is 11.4. The minimum atomic E-state index is -0.574. The zero-order valence-corrected chi connectivity index (χ0v) is 19.5. The SMILES string of the molecule is O=C(CNC(=O)c1ccc(F)cc1)N/N=C/c1cccc(OC(=O)c2sc3ccccc3c2Cl)c1. The van der Waals surface area contributed by atoms with E-state index in [0.717, 1.165) is 22.2 Å². The molecule has 0 bridgehead atoms. The van der Waals surface area contributed by atoms with Crippen LogP contribution in [-0.2, 0) is 4.79 Å². The molecule has 4 aromatic rings. The number of hydrogen-bond donors (Lipinski definition) is 2. The molecule has 2 amide bonds. The third-order valence-electron chi connectivity index (χ3n) is 4.71. The summed E-state index contributed by atoms with van der Waals surface area (Å²) in [5.41, 5.74) is 3.08. The molecule has 2 N–H and O–H groups in total. The summed E-state index contributed by atoms with van der Waals surface area (Å²) in [6.45, 7) is -0.318. The van der Waals surface area contributed by atoms with Crippen LogP contribution in [0.1, 0.15) is 25.6 Å². The maximum atomic E-state index is 12.9. The van der Waals surface area contributed by atoms with Gasteiger partial charge in [-0.25, -0.2) is 14.6 Å². The van der Waals surface area contributed by atoms with Gasteiger partial charge in [-0.1, -0.05) is 41.9 Å². The van der Waals surface area contributed by atoms with E-state index in [1.807, 2.05) is 24.3 Å². The van der Waals surface area contributed by atoms with Crippen molar-refractivity contribution in [2.24, 2.45) is 5.10 Å². The molecule has 0 fully saturated rings. The van der Waals surface area contributed by atoms with Crippen LogP contribution in [0, 0.1) is 5.82 Å². The molecule has 176 valence electrons. The van der Waals surface area contributed by atoms with E-state index in [0.29, 0.717) is 15.5 Å². The molecule has 0 saturated carbocycles. The molecule has 0 aliphatic heterocycles. The van der Waals surface area contributed by atoms with Gasteiger partial charge >= 0.3 is 5.97 Å². The summed E-state index contributed by atoms with van der Waals surface area (Å²) in [4.78, 5) is 36.8. The quantitative estimate of drug-likeness (QED) is 0.162. The second-order valence-electron chi connectivity index (χ2n) is 7.19. The number of ether oxygens (including phenoxy) is 1. The summed E-state index contributed by atoms with van der Waals surface area (Å²) in [5.74, 6) is -1.83. The summed E-state index contributed by atoms with van der Waals surface area (Å²) in [7, 11) is 0. The van der Waals surface area contributed by atoms with Gasteiger partial charge in [-0.15, -0.1) is 11.3 Å². The van der Waals surface area contributed by atoms with Crippen molar-refractivity contribution in [1.29, 1.82) is 0 Å². The zero-order chi connectivity index (χ0) is 24.8. The van der Waals surface area contributed by atoms with Gasteiger partial charge in [0.05, 0.1) is 17.8 Å². The first-order chi connectivity index (χ1) is 16.9. The summed E-state index contributed by atoms with van der Waals surface area (Å²) >= 11 is 7.59. The Morgan fingerprint density at radius 1 is 1.03 bits per heavy atom. The van der Waals surface area contributed by atoms with Gasteiger partial charge in [-0.3, -0.25) is 9.59 Å². The Hall–Kier alpha value is -4.08. The summed E-state index contributed by atoms with van der Waals surface area (Å²) in [5, 5.41) is 7.39. The van der Waals surface area contributed by atoms with Gasteiger partial charge in [-0.05, 0) is 48.0 Å². The van der Waals surface area contributed by atoms with E-state index in [9.17, 15) is 18.8 Å². The van der Waals surface area contributed by atoms with E-state index in [2.05, 4.69) is 15.8 Å². The van der Waals surface area contributed by atoms with Gasteiger partial charge in [0.15, 0.2) is 0 Å². The van der Waals surface area contributed by atoms with E-state index < -0.39 is 23.6 Å². The van der Waals surface area contributed by atoms with E-state index in [1.165, 1.54) is 29.7 Å². The monoisotopic (exact) mass is 509 g/mol. The highest BCUT2D eigenvalue weighted by Crippen LogP contribution is 2.35. The van der Waals surface area contributed by atoms with Crippen LogP contribution in [0.3, 0.4) is 0 Å². The number of carbonyl (C=O) groups excluding carboxylic acids is 3. The molecule has 0 aliphatic rings. The number of nitrogens with one attached hydrogen (secondary N) is 2. The van der Waals surface area contributed by atoms with Crippen molar-refractivity contribution in [3.05, 3.63) is 99.6 Å². The molecule has 0 unspecified atom stereocenters. The van der Waals surface area contributed by atoms with Crippen LogP contribution in [0.15, 0.2) is 77.9 Å². The Balaban J connectivity index is 1.31. The molecule has 0 aliphatic carbocycles. The van der Waals surface area contributed by atoms with Crippen LogP contribution in [0.2, 0.25) is 5.02 Å². The number of carbonyl (C=O) groups is 3. The molecule has 0 saturated heterocycles. The van der Waals surface area contributed by atoms with Gasteiger partial charge in [0.1, 0.15) is 16.4 Å². The van der Waals surface area contributed by atoms with Gasteiger partial charge in [0, 0.05) is 15.6 Å². The summed E-state index contributed by atoms with van der Waals surface area (Å²) in [6.07, 6.45) is 1.36. The van der Waals surface area contributed by atoms with Crippen molar-refractivity contribution in [2.45, 2.75) is 0 Å². The second-order valence-corrected chi connectivity index (χ2v) is 8.62. The second kappa shape index (κ2) is 10.9. The molecule has 3 aromatic carbocycles. The van der Waals surface area contributed by atoms with E-state index in [-0.39, 0.29) is 17.9 Å². The Morgan fingerprint density at radius 3 is 2.57 bits per heavy atom. The number of fused-ring (bicyclic) bond motifs is 1. The molecule has 0 atom stereocenters. The minimum absolute atomic E-state index is 0.228. The number of hydrogen-bond acceptors (Lipinski definition) is 6. The lowest BCUT2D eigenvalue weighted by Gasteiger charge is -2.05. The molecule has 1 heterocycles. The number of thiophene rings is 1. The Morgan fingerprint density at radius 2 is 1.80 bits per heavy atom. The number of hydrazone groups is 1. The lowest BCUT2D eigenvalue weighted by Crippen LogP contribution is -2.34. The maximum Gasteiger partial charge on any atom is 0.355 e. The van der Waals surface area contributed by atoms with E-state index in [4.69, 9.17) is 16.3 Å². The summed E-state index contributed by atoms with van der Waals surface area (Å²) < 4.78 is 19.3. The van der Waals surface area contributed by atoms with Gasteiger partial charge in [0.2, 0.25) is 0 Å². The Kier molecular flexibility index (Phi) is 7.49. The molecule has 1 aromatic heterocycles. The van der Waals surface area contributed by atoms with Crippen molar-refractivity contribution >= 4 is 57.0 Å². The third kappa shape index (κ3) is 6.08. The number of esters is 1. The normalized spacial score (nSPS) is 10.9. The highest BCUT2D eigenvalue weighted by molar-refractivity contribution is 7.21. The molecule has 4 rings (SSSR count). The fraction of sp³-hybridized carbons (Fsp3) is 0.0400. The standard InChI is InChI=1S/C25H17ClFN3O4S/c26-22-19-6-1-2-7-20(19)35-23(22)25(33)34-18-5-3-4-15(12-18)13-29-30-21(31)14-28-24(32)16-8-10-17(27)11-9-16/h1-13H,14H2,(H,28,32)(H,30,31)/b29-13+. The van der Waals surface area contributed by atoms with Crippen molar-refractivity contribution in [3.8, 4) is 5.75 Å². The van der Waals surface area contributed by atoms with Crippen LogP contribution in [0.25, 0.3) is 10.1 Å². The van der Waals surface area contributed by atoms with Crippen LogP contribution in [0.4, 0.5) is 4.39 Å². The number of rotatable bonds is 7. The Bertz CT molecular complexity index is 1440. The first-order valence-electron chi connectivity index (χ1n) is 10.3. The first kappa shape index (κ1) is 24.1. The van der Waals surface area contributed by atoms with Crippen LogP contribution in [0.5, 0.6) is 5.75 Å². The van der Waals surface area contributed by atoms with Crippen molar-refractivity contribution in [2.75, 3.05) is 6.54 Å². The molecule has 10 heteroatoms. The average molecular weight is 510 g/mol. The highest BCUT2D eigenvalue weighted by atomic mass is 35.5. The van der Waals surface area contributed by atoms with Gasteiger partial charge in [0.25, 0.3) is 11.8 Å². The number of nitrogens with zero attached hydrogens (tertiary/aromatic N) is 1. The fourth-order valence-corrected chi connectivity index (χ4v) is 4.42. The minimum Gasteiger partial charge on any atom is -0.422 e. The molecular weight excluding hydrogens is 493 g/mol. The average Bonchev–Trinajstić information content (AvgIpc) is 3.20. The number of halogens is 2. The third-order valence-corrected chi connectivity index (χ3v) is 6.36.